The van der Waals surface area contributed by atoms with E-state index < -0.39 is 23.6 Å². The van der Waals surface area contributed by atoms with Crippen LogP contribution in [0.25, 0.3) is 0 Å². The number of rotatable bonds is 7. The van der Waals surface area contributed by atoms with Crippen molar-refractivity contribution in [3.63, 3.8) is 0 Å². The minimum atomic E-state index is -0.833. The Hall–Kier alpha value is -1.57. The van der Waals surface area contributed by atoms with Crippen LogP contribution in [-0.2, 0) is 9.53 Å². The van der Waals surface area contributed by atoms with Crippen LogP contribution in [0.1, 0.15) is 0 Å². The summed E-state index contributed by atoms with van der Waals surface area (Å²) in [6.45, 7) is 0.378. The zero-order valence-corrected chi connectivity index (χ0v) is 11.4. The Labute approximate surface area is 116 Å². The predicted molar refractivity (Wildman–Crippen MR) is 70.4 cm³/mol. The van der Waals surface area contributed by atoms with Crippen LogP contribution in [0.2, 0.25) is 0 Å². The Morgan fingerprint density at radius 2 is 2.20 bits per heavy atom. The van der Waals surface area contributed by atoms with Gasteiger partial charge in [0.2, 0.25) is 5.91 Å². The Bertz CT molecular complexity index is 457. The number of methoxy groups -OCH3 is 1. The molecule has 0 fully saturated rings. The SMILES string of the molecule is COCC(O)CN(C)CC(=O)Nc1ccc(F)cc1F. The molecule has 0 saturated carbocycles. The van der Waals surface area contributed by atoms with Gasteiger partial charge in [-0.05, 0) is 19.2 Å². The monoisotopic (exact) mass is 288 g/mol. The second-order valence-electron chi connectivity index (χ2n) is 4.48. The topological polar surface area (TPSA) is 61.8 Å². The number of nitrogens with zero attached hydrogens (tertiary/aromatic N) is 1. The average molecular weight is 288 g/mol. The van der Waals surface area contributed by atoms with E-state index in [0.717, 1.165) is 12.1 Å². The van der Waals surface area contributed by atoms with Gasteiger partial charge in [-0.2, -0.15) is 0 Å². The van der Waals surface area contributed by atoms with E-state index in [2.05, 4.69) is 5.32 Å². The highest BCUT2D eigenvalue weighted by atomic mass is 19.1. The van der Waals surface area contributed by atoms with E-state index in [1.54, 1.807) is 11.9 Å². The summed E-state index contributed by atoms with van der Waals surface area (Å²) in [4.78, 5) is 13.2. The van der Waals surface area contributed by atoms with Gasteiger partial charge in [0.15, 0.2) is 0 Å². The van der Waals surface area contributed by atoms with E-state index in [9.17, 15) is 18.7 Å². The van der Waals surface area contributed by atoms with Crippen molar-refractivity contribution in [1.29, 1.82) is 0 Å². The zero-order chi connectivity index (χ0) is 15.1. The molecule has 2 N–H and O–H groups in total. The van der Waals surface area contributed by atoms with E-state index >= 15 is 0 Å². The highest BCUT2D eigenvalue weighted by molar-refractivity contribution is 5.92. The van der Waals surface area contributed by atoms with Crippen molar-refractivity contribution in [2.45, 2.75) is 6.10 Å². The molecule has 1 atom stereocenters. The Morgan fingerprint density at radius 1 is 1.50 bits per heavy atom. The molecule has 1 aromatic rings. The Kier molecular flexibility index (Phi) is 6.50. The summed E-state index contributed by atoms with van der Waals surface area (Å²) in [5.41, 5.74) is -0.0813. The fourth-order valence-corrected chi connectivity index (χ4v) is 1.70. The number of nitrogens with one attached hydrogen (secondary N) is 1. The molecule has 5 nitrogen and oxygen atoms in total. The summed E-state index contributed by atoms with van der Waals surface area (Å²) >= 11 is 0. The van der Waals surface area contributed by atoms with Crippen molar-refractivity contribution in [3.05, 3.63) is 29.8 Å². The predicted octanol–water partition coefficient (Wildman–Crippen LogP) is 0.842. The lowest BCUT2D eigenvalue weighted by atomic mass is 10.3. The maximum Gasteiger partial charge on any atom is 0.238 e. The molecule has 0 aliphatic rings. The lowest BCUT2D eigenvalue weighted by Crippen LogP contribution is -2.37. The molecule has 0 aliphatic carbocycles. The highest BCUT2D eigenvalue weighted by Crippen LogP contribution is 2.14. The molecule has 0 aliphatic heterocycles. The quantitative estimate of drug-likeness (QED) is 0.780. The standard InChI is InChI=1S/C13H18F2N2O3/c1-17(6-10(18)8-20-2)7-13(19)16-12-4-3-9(14)5-11(12)15/h3-5,10,18H,6-8H2,1-2H3,(H,16,19). The number of aliphatic hydroxyl groups excluding tert-OH is 1. The molecule has 0 bridgehead atoms. The molecule has 0 aromatic heterocycles. The molecule has 0 radical (unpaired) electrons. The molecule has 1 rings (SSSR count). The lowest BCUT2D eigenvalue weighted by molar-refractivity contribution is -0.117. The van der Waals surface area contributed by atoms with Gasteiger partial charge in [0, 0.05) is 19.7 Å². The molecule has 0 saturated heterocycles. The Balaban J connectivity index is 2.46. The molecule has 7 heteroatoms. The number of anilines is 1. The summed E-state index contributed by atoms with van der Waals surface area (Å²) in [7, 11) is 3.10. The molecule has 1 amide bonds. The van der Waals surface area contributed by atoms with Gasteiger partial charge in [0.05, 0.1) is 24.9 Å². The smallest absolute Gasteiger partial charge is 0.238 e. The number of carbonyl (C=O) groups excluding carboxylic acids is 1. The van der Waals surface area contributed by atoms with Crippen LogP contribution < -0.4 is 5.32 Å². The normalized spacial score (nSPS) is 12.5. The molecule has 0 spiro atoms. The average Bonchev–Trinajstić information content (AvgIpc) is 2.32. The van der Waals surface area contributed by atoms with E-state index in [-0.39, 0.29) is 25.4 Å². The molecule has 0 heterocycles. The number of amides is 1. The van der Waals surface area contributed by atoms with E-state index in [4.69, 9.17) is 4.74 Å². The van der Waals surface area contributed by atoms with E-state index in [0.29, 0.717) is 6.07 Å². The number of hydrogen-bond acceptors (Lipinski definition) is 4. The molecule has 112 valence electrons. The van der Waals surface area contributed by atoms with Crippen LogP contribution in [0.3, 0.4) is 0 Å². The van der Waals surface area contributed by atoms with Gasteiger partial charge in [0.1, 0.15) is 11.6 Å². The van der Waals surface area contributed by atoms with Gasteiger partial charge in [-0.15, -0.1) is 0 Å². The number of ether oxygens (including phenoxy) is 1. The lowest BCUT2D eigenvalue weighted by Gasteiger charge is -2.19. The number of aliphatic hydroxyl groups is 1. The number of carbonyl (C=O) groups is 1. The van der Waals surface area contributed by atoms with Gasteiger partial charge < -0.3 is 15.2 Å². The van der Waals surface area contributed by atoms with Crippen LogP contribution in [-0.4, -0.2) is 55.9 Å². The van der Waals surface area contributed by atoms with Crippen LogP contribution in [0.5, 0.6) is 0 Å². The van der Waals surface area contributed by atoms with Gasteiger partial charge in [-0.1, -0.05) is 0 Å². The summed E-state index contributed by atoms with van der Waals surface area (Å²) in [5.74, 6) is -2.00. The Morgan fingerprint density at radius 3 is 2.80 bits per heavy atom. The van der Waals surface area contributed by atoms with Crippen LogP contribution >= 0.6 is 0 Å². The first-order valence-corrected chi connectivity index (χ1v) is 6.02. The third-order valence-corrected chi connectivity index (χ3v) is 2.50. The summed E-state index contributed by atoms with van der Waals surface area (Å²) in [5, 5.41) is 11.8. The maximum atomic E-state index is 13.3. The number of halogens is 2. The zero-order valence-electron chi connectivity index (χ0n) is 11.4. The number of likely N-dealkylation sites (N-methyl/N-ethyl adjacent to an activating group) is 1. The van der Waals surface area contributed by atoms with Crippen molar-refractivity contribution in [3.8, 4) is 0 Å². The maximum absolute atomic E-state index is 13.3. The van der Waals surface area contributed by atoms with E-state index in [1.807, 2.05) is 0 Å². The van der Waals surface area contributed by atoms with Crippen LogP contribution in [0.4, 0.5) is 14.5 Å². The first-order chi connectivity index (χ1) is 9.42. The van der Waals surface area contributed by atoms with Gasteiger partial charge in [0.25, 0.3) is 0 Å². The van der Waals surface area contributed by atoms with Gasteiger partial charge >= 0.3 is 0 Å². The number of hydrogen-bond donors (Lipinski definition) is 2. The summed E-state index contributed by atoms with van der Waals surface area (Å²) in [6, 6.07) is 2.91. The molecular formula is C13H18F2N2O3. The number of benzene rings is 1. The first kappa shape index (κ1) is 16.5. The molecule has 20 heavy (non-hydrogen) atoms. The minimum absolute atomic E-state index is 0.0302. The minimum Gasteiger partial charge on any atom is -0.389 e. The molecule has 1 aromatic carbocycles. The second kappa shape index (κ2) is 7.88. The van der Waals surface area contributed by atoms with Gasteiger partial charge in [-0.25, -0.2) is 8.78 Å². The first-order valence-electron chi connectivity index (χ1n) is 6.02. The van der Waals surface area contributed by atoms with Gasteiger partial charge in [-0.3, -0.25) is 9.69 Å². The summed E-state index contributed by atoms with van der Waals surface area (Å²) in [6.07, 6.45) is -0.708. The second-order valence-corrected chi connectivity index (χ2v) is 4.48. The van der Waals surface area contributed by atoms with E-state index in [1.165, 1.54) is 7.11 Å². The van der Waals surface area contributed by atoms with Crippen molar-refractivity contribution in [2.75, 3.05) is 39.2 Å². The third-order valence-electron chi connectivity index (χ3n) is 2.50. The van der Waals surface area contributed by atoms with Crippen LogP contribution in [0.15, 0.2) is 18.2 Å². The van der Waals surface area contributed by atoms with Crippen LogP contribution in [0, 0.1) is 11.6 Å². The molecule has 1 unspecified atom stereocenters. The fraction of sp³-hybridized carbons (Fsp3) is 0.462. The van der Waals surface area contributed by atoms with Crippen molar-refractivity contribution >= 4 is 11.6 Å². The summed E-state index contributed by atoms with van der Waals surface area (Å²) < 4.78 is 30.8. The van der Waals surface area contributed by atoms with Crippen molar-refractivity contribution in [2.24, 2.45) is 0 Å². The van der Waals surface area contributed by atoms with Crippen molar-refractivity contribution < 1.29 is 23.4 Å². The fourth-order valence-electron chi connectivity index (χ4n) is 1.70. The molecular weight excluding hydrogens is 270 g/mol. The third kappa shape index (κ3) is 5.60. The van der Waals surface area contributed by atoms with Crippen molar-refractivity contribution in [1.82, 2.24) is 4.90 Å². The highest BCUT2D eigenvalue weighted by Gasteiger charge is 2.13. The largest absolute Gasteiger partial charge is 0.389 e.